The highest BCUT2D eigenvalue weighted by molar-refractivity contribution is 7.89. The first-order chi connectivity index (χ1) is 17.5. The zero-order valence-corrected chi connectivity index (χ0v) is 21.3. The Morgan fingerprint density at radius 3 is 2.22 bits per heavy atom. The average molecular weight is 522 g/mol. The SMILES string of the molecule is O=C(C(Cc1ccccc1)NS(=O)(=O)c1cccc2nsnc12)N1CCN(Cc2ccccc2)CC1. The molecule has 1 fully saturated rings. The van der Waals surface area contributed by atoms with Gasteiger partial charge in [-0.2, -0.15) is 13.5 Å². The van der Waals surface area contributed by atoms with Crippen molar-refractivity contribution in [1.82, 2.24) is 23.3 Å². The van der Waals surface area contributed by atoms with Gasteiger partial charge in [0.1, 0.15) is 22.0 Å². The predicted octanol–water partition coefficient (Wildman–Crippen LogP) is 2.93. The lowest BCUT2D eigenvalue weighted by Crippen LogP contribution is -2.55. The number of nitrogens with one attached hydrogen (secondary N) is 1. The maximum absolute atomic E-state index is 13.6. The van der Waals surface area contributed by atoms with E-state index in [2.05, 4.69) is 30.5 Å². The van der Waals surface area contributed by atoms with Gasteiger partial charge >= 0.3 is 0 Å². The number of carbonyl (C=O) groups is 1. The molecule has 1 aromatic heterocycles. The molecule has 2 heterocycles. The van der Waals surface area contributed by atoms with E-state index in [-0.39, 0.29) is 17.2 Å². The number of hydrogen-bond acceptors (Lipinski definition) is 7. The second-order valence-electron chi connectivity index (χ2n) is 8.84. The molecule has 0 spiro atoms. The smallest absolute Gasteiger partial charge is 0.243 e. The number of fused-ring (bicyclic) bond motifs is 1. The summed E-state index contributed by atoms with van der Waals surface area (Å²) in [6, 6.07) is 23.6. The first-order valence-corrected chi connectivity index (χ1v) is 14.0. The predicted molar refractivity (Wildman–Crippen MR) is 140 cm³/mol. The van der Waals surface area contributed by atoms with Crippen LogP contribution in [0.4, 0.5) is 0 Å². The van der Waals surface area contributed by atoms with Crippen molar-refractivity contribution in [3.05, 3.63) is 90.0 Å². The maximum atomic E-state index is 13.6. The highest BCUT2D eigenvalue weighted by Gasteiger charge is 2.32. The Hall–Kier alpha value is -3.18. The number of carbonyl (C=O) groups excluding carboxylic acids is 1. The molecule has 4 aromatic rings. The lowest BCUT2D eigenvalue weighted by atomic mass is 10.1. The van der Waals surface area contributed by atoms with Gasteiger partial charge in [0.2, 0.25) is 15.9 Å². The molecule has 1 N–H and O–H groups in total. The molecule has 5 rings (SSSR count). The highest BCUT2D eigenvalue weighted by atomic mass is 32.2. The fourth-order valence-corrected chi connectivity index (χ4v) is 6.42. The number of nitrogens with zero attached hydrogens (tertiary/aromatic N) is 4. The van der Waals surface area contributed by atoms with Crippen molar-refractivity contribution in [3.8, 4) is 0 Å². The van der Waals surface area contributed by atoms with Crippen LogP contribution in [0.2, 0.25) is 0 Å². The van der Waals surface area contributed by atoms with Gasteiger partial charge < -0.3 is 4.90 Å². The molecular formula is C26H27N5O3S2. The van der Waals surface area contributed by atoms with Crippen LogP contribution < -0.4 is 4.72 Å². The van der Waals surface area contributed by atoms with Crippen LogP contribution in [-0.4, -0.2) is 65.1 Å². The molecule has 10 heteroatoms. The molecule has 8 nitrogen and oxygen atoms in total. The lowest BCUT2D eigenvalue weighted by Gasteiger charge is -2.36. The summed E-state index contributed by atoms with van der Waals surface area (Å²) in [5.74, 6) is -0.217. The van der Waals surface area contributed by atoms with E-state index >= 15 is 0 Å². The van der Waals surface area contributed by atoms with E-state index in [4.69, 9.17) is 0 Å². The summed E-state index contributed by atoms with van der Waals surface area (Å²) in [6.45, 7) is 3.38. The lowest BCUT2D eigenvalue weighted by molar-refractivity contribution is -0.134. The van der Waals surface area contributed by atoms with E-state index in [0.717, 1.165) is 36.9 Å². The van der Waals surface area contributed by atoms with Gasteiger partial charge in [0.05, 0.1) is 11.7 Å². The Morgan fingerprint density at radius 2 is 1.53 bits per heavy atom. The largest absolute Gasteiger partial charge is 0.339 e. The molecule has 1 unspecified atom stereocenters. The maximum Gasteiger partial charge on any atom is 0.243 e. The van der Waals surface area contributed by atoms with Gasteiger partial charge in [-0.3, -0.25) is 9.69 Å². The summed E-state index contributed by atoms with van der Waals surface area (Å²) >= 11 is 0.962. The first kappa shape index (κ1) is 24.5. The third-order valence-electron chi connectivity index (χ3n) is 6.35. The van der Waals surface area contributed by atoms with Crippen molar-refractivity contribution in [1.29, 1.82) is 0 Å². The Bertz CT molecular complexity index is 1420. The minimum absolute atomic E-state index is 0.0345. The van der Waals surface area contributed by atoms with Crippen LogP contribution in [0.3, 0.4) is 0 Å². The van der Waals surface area contributed by atoms with Crippen molar-refractivity contribution >= 4 is 38.7 Å². The average Bonchev–Trinajstić information content (AvgIpc) is 3.38. The number of benzene rings is 3. The summed E-state index contributed by atoms with van der Waals surface area (Å²) in [5.41, 5.74) is 2.95. The van der Waals surface area contributed by atoms with Gasteiger partial charge in [-0.25, -0.2) is 8.42 Å². The van der Waals surface area contributed by atoms with Gasteiger partial charge in [0.25, 0.3) is 0 Å². The second-order valence-corrected chi connectivity index (χ2v) is 11.0. The van der Waals surface area contributed by atoms with Crippen LogP contribution in [0.1, 0.15) is 11.1 Å². The topological polar surface area (TPSA) is 95.5 Å². The number of sulfonamides is 1. The Kier molecular flexibility index (Phi) is 7.38. The van der Waals surface area contributed by atoms with Crippen LogP contribution in [0.25, 0.3) is 11.0 Å². The molecule has 1 saturated heterocycles. The monoisotopic (exact) mass is 521 g/mol. The minimum atomic E-state index is -4.01. The summed E-state index contributed by atoms with van der Waals surface area (Å²) in [5, 5.41) is 0. The Balaban J connectivity index is 1.33. The summed E-state index contributed by atoms with van der Waals surface area (Å²) in [7, 11) is -4.01. The zero-order chi connectivity index (χ0) is 25.0. The Morgan fingerprint density at radius 1 is 0.861 bits per heavy atom. The van der Waals surface area contributed by atoms with Crippen molar-refractivity contribution in [2.75, 3.05) is 26.2 Å². The molecule has 1 aliphatic heterocycles. The van der Waals surface area contributed by atoms with Crippen LogP contribution in [0.5, 0.6) is 0 Å². The number of piperazine rings is 1. The number of rotatable bonds is 8. The fourth-order valence-electron chi connectivity index (χ4n) is 4.47. The quantitative estimate of drug-likeness (QED) is 0.383. The van der Waals surface area contributed by atoms with E-state index in [0.29, 0.717) is 24.1 Å². The summed E-state index contributed by atoms with van der Waals surface area (Å²) in [6.07, 6.45) is 0.258. The molecule has 0 bridgehead atoms. The standard InChI is InChI=1S/C26H27N5O3S2/c32-26(31-16-14-30(15-17-31)19-21-10-5-2-6-11-21)23(18-20-8-3-1-4-9-20)29-36(33,34)24-13-7-12-22-25(24)28-35-27-22/h1-13,23,29H,14-19H2. The van der Waals surface area contributed by atoms with Crippen LogP contribution in [0.15, 0.2) is 83.8 Å². The van der Waals surface area contributed by atoms with E-state index < -0.39 is 16.1 Å². The molecule has 36 heavy (non-hydrogen) atoms. The van der Waals surface area contributed by atoms with E-state index in [1.165, 1.54) is 11.6 Å². The van der Waals surface area contributed by atoms with Gasteiger partial charge in [-0.1, -0.05) is 66.7 Å². The van der Waals surface area contributed by atoms with Gasteiger partial charge in [0.15, 0.2) is 0 Å². The first-order valence-electron chi connectivity index (χ1n) is 11.8. The van der Waals surface area contributed by atoms with E-state index in [1.807, 2.05) is 48.5 Å². The molecule has 186 valence electrons. The van der Waals surface area contributed by atoms with Crippen molar-refractivity contribution < 1.29 is 13.2 Å². The summed E-state index contributed by atoms with van der Waals surface area (Å²) < 4.78 is 37.9. The molecule has 1 amide bonds. The van der Waals surface area contributed by atoms with Crippen molar-refractivity contribution in [2.45, 2.75) is 23.9 Å². The molecular weight excluding hydrogens is 494 g/mol. The third kappa shape index (κ3) is 5.62. The van der Waals surface area contributed by atoms with Gasteiger partial charge in [-0.15, -0.1) is 0 Å². The molecule has 0 radical (unpaired) electrons. The molecule has 1 atom stereocenters. The van der Waals surface area contributed by atoms with Crippen LogP contribution in [-0.2, 0) is 27.8 Å². The van der Waals surface area contributed by atoms with Crippen molar-refractivity contribution in [2.24, 2.45) is 0 Å². The molecule has 1 aliphatic rings. The summed E-state index contributed by atoms with van der Waals surface area (Å²) in [4.78, 5) is 17.8. The third-order valence-corrected chi connectivity index (χ3v) is 8.40. The van der Waals surface area contributed by atoms with Crippen LogP contribution in [0, 0.1) is 0 Å². The number of hydrogen-bond donors (Lipinski definition) is 1. The minimum Gasteiger partial charge on any atom is -0.339 e. The Labute approximate surface area is 214 Å². The van der Waals surface area contributed by atoms with Gasteiger partial charge in [0, 0.05) is 32.7 Å². The van der Waals surface area contributed by atoms with Crippen molar-refractivity contribution in [3.63, 3.8) is 0 Å². The van der Waals surface area contributed by atoms with Gasteiger partial charge in [-0.05, 0) is 29.7 Å². The fraction of sp³-hybridized carbons (Fsp3) is 0.269. The number of aromatic nitrogens is 2. The molecule has 3 aromatic carbocycles. The molecule has 0 aliphatic carbocycles. The highest BCUT2D eigenvalue weighted by Crippen LogP contribution is 2.22. The second kappa shape index (κ2) is 10.8. The number of amides is 1. The zero-order valence-electron chi connectivity index (χ0n) is 19.7. The van der Waals surface area contributed by atoms with Crippen LogP contribution >= 0.6 is 11.7 Å². The normalized spacial score (nSPS) is 15.7. The molecule has 0 saturated carbocycles. The van der Waals surface area contributed by atoms with E-state index in [1.54, 1.807) is 17.0 Å². The van der Waals surface area contributed by atoms with E-state index in [9.17, 15) is 13.2 Å².